The van der Waals surface area contributed by atoms with Gasteiger partial charge in [0.2, 0.25) is 0 Å². The molecule has 1 aliphatic heterocycles. The van der Waals surface area contributed by atoms with Crippen molar-refractivity contribution >= 4 is 37.6 Å². The quantitative estimate of drug-likeness (QED) is 0.444. The highest BCUT2D eigenvalue weighted by Crippen LogP contribution is 2.32. The van der Waals surface area contributed by atoms with Crippen LogP contribution in [0.1, 0.15) is 30.0 Å². The summed E-state index contributed by atoms with van der Waals surface area (Å²) in [7, 11) is -4.25. The van der Waals surface area contributed by atoms with Crippen LogP contribution in [-0.2, 0) is 10.0 Å². The number of oxazole rings is 1. The zero-order valence-electron chi connectivity index (χ0n) is 16.9. The van der Waals surface area contributed by atoms with Crippen LogP contribution in [0.2, 0.25) is 0 Å². The second-order valence-electron chi connectivity index (χ2n) is 7.59. The Hall–Kier alpha value is -3.02. The van der Waals surface area contributed by atoms with Crippen molar-refractivity contribution in [3.63, 3.8) is 0 Å². The Balaban J connectivity index is 1.59. The van der Waals surface area contributed by atoms with E-state index in [1.54, 1.807) is 5.38 Å². The Morgan fingerprint density at radius 1 is 1.31 bits per heavy atom. The lowest BCUT2D eigenvalue weighted by atomic mass is 9.87. The van der Waals surface area contributed by atoms with Gasteiger partial charge >= 0.3 is 5.76 Å². The van der Waals surface area contributed by atoms with E-state index in [9.17, 15) is 17.6 Å². The van der Waals surface area contributed by atoms with E-state index in [0.717, 1.165) is 47.7 Å². The zero-order valence-corrected chi connectivity index (χ0v) is 18.5. The Kier molecular flexibility index (Phi) is 5.11. The smallest absolute Gasteiger partial charge is 0.408 e. The molecular formula is C21H19FN4O4S2. The molecule has 1 aliphatic rings. The van der Waals surface area contributed by atoms with Gasteiger partial charge in [-0.2, -0.15) is 0 Å². The first-order chi connectivity index (χ1) is 15.3. The zero-order chi connectivity index (χ0) is 22.5. The summed E-state index contributed by atoms with van der Waals surface area (Å²) in [5.74, 6) is -1.33. The molecule has 0 bridgehead atoms. The minimum atomic E-state index is -4.25. The van der Waals surface area contributed by atoms with Gasteiger partial charge in [0.05, 0.1) is 11.6 Å². The number of benzene rings is 2. The molecule has 4 aromatic rings. The van der Waals surface area contributed by atoms with Crippen molar-refractivity contribution < 1.29 is 17.2 Å². The van der Waals surface area contributed by atoms with Crippen molar-refractivity contribution in [2.24, 2.45) is 0 Å². The molecule has 1 unspecified atom stereocenters. The molecule has 166 valence electrons. The minimum Gasteiger partial charge on any atom is -0.408 e. The highest BCUT2D eigenvalue weighted by molar-refractivity contribution is 7.93. The molecule has 0 aliphatic carbocycles. The van der Waals surface area contributed by atoms with Crippen LogP contribution >= 0.6 is 11.3 Å². The number of nitrogens with zero attached hydrogens (tertiary/aromatic N) is 2. The first kappa shape index (κ1) is 20.9. The molecule has 8 nitrogen and oxygen atoms in total. The lowest BCUT2D eigenvalue weighted by Crippen LogP contribution is -2.40. The topological polar surface area (TPSA) is 106 Å². The second-order valence-corrected chi connectivity index (χ2v) is 10.1. The maximum absolute atomic E-state index is 15.0. The van der Waals surface area contributed by atoms with Crippen LogP contribution in [0.4, 0.5) is 9.52 Å². The Morgan fingerprint density at radius 2 is 2.09 bits per heavy atom. The van der Waals surface area contributed by atoms with E-state index in [2.05, 4.69) is 15.0 Å². The predicted octanol–water partition coefficient (Wildman–Crippen LogP) is 3.29. The van der Waals surface area contributed by atoms with Crippen LogP contribution in [0.25, 0.3) is 11.1 Å². The number of aromatic nitrogens is 2. The van der Waals surface area contributed by atoms with E-state index >= 15 is 0 Å². The van der Waals surface area contributed by atoms with Crippen molar-refractivity contribution in [2.75, 3.05) is 17.8 Å². The minimum absolute atomic E-state index is 0.00874. The number of hydrogen-bond acceptors (Lipinski definition) is 7. The molecule has 0 amide bonds. The van der Waals surface area contributed by atoms with Gasteiger partial charge in [0, 0.05) is 42.7 Å². The normalized spacial score (nSPS) is 15.6. The summed E-state index contributed by atoms with van der Waals surface area (Å²) in [5.41, 5.74) is 2.24. The molecule has 5 rings (SSSR count). The Labute approximate surface area is 186 Å². The third-order valence-corrected chi connectivity index (χ3v) is 7.84. The van der Waals surface area contributed by atoms with E-state index in [1.165, 1.54) is 10.8 Å². The third kappa shape index (κ3) is 3.51. The molecule has 3 heterocycles. The lowest BCUT2D eigenvalue weighted by molar-refractivity contribution is 0.438. The summed E-state index contributed by atoms with van der Waals surface area (Å²) in [5, 5.41) is 4.94. The molecule has 0 radical (unpaired) electrons. The van der Waals surface area contributed by atoms with Crippen LogP contribution in [0.5, 0.6) is 0 Å². The van der Waals surface area contributed by atoms with E-state index in [1.807, 2.05) is 31.2 Å². The standard InChI is InChI=1S/C21H19FN4O4S2/c1-12(14-4-2-3-5-15(14)13-10-23-11-13)26-17-8-16(22)19(9-18(17)30-21(26)27)32(28,29)25-20-24-6-7-31-20/h2-9,12-13,23H,10-11H2,1H3,(H,24,25). The van der Waals surface area contributed by atoms with Crippen LogP contribution in [0.3, 0.4) is 0 Å². The molecule has 1 saturated heterocycles. The van der Waals surface area contributed by atoms with E-state index in [0.29, 0.717) is 5.92 Å². The first-order valence-corrected chi connectivity index (χ1v) is 12.3. The molecule has 0 saturated carbocycles. The SMILES string of the molecule is CC(c1ccccc1C1CNC1)n1c(=O)oc2cc(S(=O)(=O)Nc3nccs3)c(F)cc21. The van der Waals surface area contributed by atoms with Gasteiger partial charge in [-0.05, 0) is 18.1 Å². The fourth-order valence-corrected chi connectivity index (χ4v) is 5.83. The number of anilines is 1. The molecule has 2 N–H and O–H groups in total. The fourth-order valence-electron chi connectivity index (χ4n) is 3.96. The van der Waals surface area contributed by atoms with Gasteiger partial charge in [-0.25, -0.2) is 22.6 Å². The maximum Gasteiger partial charge on any atom is 0.420 e. The highest BCUT2D eigenvalue weighted by atomic mass is 32.2. The summed E-state index contributed by atoms with van der Waals surface area (Å²) in [6.07, 6.45) is 1.43. The van der Waals surface area contributed by atoms with E-state index < -0.39 is 32.5 Å². The average Bonchev–Trinajstić information content (AvgIpc) is 3.32. The van der Waals surface area contributed by atoms with Gasteiger partial charge in [-0.15, -0.1) is 11.3 Å². The lowest BCUT2D eigenvalue weighted by Gasteiger charge is -2.31. The third-order valence-electron chi connectivity index (χ3n) is 5.67. The van der Waals surface area contributed by atoms with Crippen molar-refractivity contribution in [1.29, 1.82) is 0 Å². The number of sulfonamides is 1. The van der Waals surface area contributed by atoms with Crippen molar-refractivity contribution in [1.82, 2.24) is 14.9 Å². The van der Waals surface area contributed by atoms with E-state index in [-0.39, 0.29) is 16.2 Å². The largest absolute Gasteiger partial charge is 0.420 e. The van der Waals surface area contributed by atoms with Crippen LogP contribution in [0.15, 0.2) is 62.1 Å². The van der Waals surface area contributed by atoms with E-state index in [4.69, 9.17) is 4.42 Å². The highest BCUT2D eigenvalue weighted by Gasteiger charge is 2.28. The summed E-state index contributed by atoms with van der Waals surface area (Å²) in [6, 6.07) is 9.44. The summed E-state index contributed by atoms with van der Waals surface area (Å²) in [6.45, 7) is 3.55. The van der Waals surface area contributed by atoms with Gasteiger partial charge in [0.1, 0.15) is 10.7 Å². The van der Waals surface area contributed by atoms with Gasteiger partial charge in [-0.1, -0.05) is 24.3 Å². The number of nitrogens with one attached hydrogen (secondary N) is 2. The molecule has 1 fully saturated rings. The predicted molar refractivity (Wildman–Crippen MR) is 119 cm³/mol. The van der Waals surface area contributed by atoms with Crippen molar-refractivity contribution in [3.05, 3.63) is 75.5 Å². The van der Waals surface area contributed by atoms with Gasteiger partial charge in [0.15, 0.2) is 10.7 Å². The summed E-state index contributed by atoms with van der Waals surface area (Å²) < 4.78 is 49.2. The number of hydrogen-bond donors (Lipinski definition) is 2. The molecule has 11 heteroatoms. The average molecular weight is 475 g/mol. The molecular weight excluding hydrogens is 455 g/mol. The summed E-state index contributed by atoms with van der Waals surface area (Å²) in [4.78, 5) is 16.0. The summed E-state index contributed by atoms with van der Waals surface area (Å²) >= 11 is 1.07. The van der Waals surface area contributed by atoms with Gasteiger partial charge in [-0.3, -0.25) is 9.29 Å². The van der Waals surface area contributed by atoms with Crippen LogP contribution < -0.4 is 15.8 Å². The number of fused-ring (bicyclic) bond motifs is 1. The Morgan fingerprint density at radius 3 is 2.78 bits per heavy atom. The second kappa shape index (κ2) is 7.84. The monoisotopic (exact) mass is 474 g/mol. The first-order valence-electron chi connectivity index (χ1n) is 9.91. The van der Waals surface area contributed by atoms with Gasteiger partial charge in [0.25, 0.3) is 10.0 Å². The fraction of sp³-hybridized carbons (Fsp3) is 0.238. The molecule has 1 atom stereocenters. The molecule has 2 aromatic carbocycles. The Bertz CT molecular complexity index is 1460. The number of halogens is 1. The van der Waals surface area contributed by atoms with Crippen LogP contribution in [0, 0.1) is 5.82 Å². The number of thiazole rings is 1. The van der Waals surface area contributed by atoms with Crippen LogP contribution in [-0.4, -0.2) is 31.1 Å². The molecule has 0 spiro atoms. The number of rotatable bonds is 6. The van der Waals surface area contributed by atoms with Crippen molar-refractivity contribution in [2.45, 2.75) is 23.8 Å². The molecule has 2 aromatic heterocycles. The van der Waals surface area contributed by atoms with Gasteiger partial charge < -0.3 is 9.73 Å². The van der Waals surface area contributed by atoms with Crippen molar-refractivity contribution in [3.8, 4) is 0 Å². The maximum atomic E-state index is 15.0. The molecule has 32 heavy (non-hydrogen) atoms.